The van der Waals surface area contributed by atoms with E-state index in [0.717, 1.165) is 16.3 Å². The average molecular weight is 392 g/mol. The molecule has 1 unspecified atom stereocenters. The van der Waals surface area contributed by atoms with Crippen molar-refractivity contribution >= 4 is 35.3 Å². The van der Waals surface area contributed by atoms with Crippen LogP contribution in [0.3, 0.4) is 0 Å². The van der Waals surface area contributed by atoms with Gasteiger partial charge in [0.05, 0.1) is 17.6 Å². The molecule has 0 aromatic carbocycles. The van der Waals surface area contributed by atoms with Crippen LogP contribution in [0.5, 0.6) is 5.75 Å². The largest absolute Gasteiger partial charge is 0.495 e. The number of hydrogen-bond donors (Lipinski definition) is 1. The van der Waals surface area contributed by atoms with E-state index in [1.54, 1.807) is 18.4 Å². The summed E-state index contributed by atoms with van der Waals surface area (Å²) in [7, 11) is 3.51. The van der Waals surface area contributed by atoms with Crippen molar-refractivity contribution in [2.75, 3.05) is 7.11 Å². The minimum absolute atomic E-state index is 0.396. The molecule has 0 aliphatic rings. The average Bonchev–Trinajstić information content (AvgIpc) is 3.38. The molecule has 25 heavy (non-hydrogen) atoms. The van der Waals surface area contributed by atoms with Crippen LogP contribution in [0.15, 0.2) is 32.8 Å². The SMILES string of the molecule is COc1cscc1-c1nc(C(S)c2nnc(-c3cccs3)n2C)no1. The van der Waals surface area contributed by atoms with Crippen LogP contribution in [-0.4, -0.2) is 32.0 Å². The van der Waals surface area contributed by atoms with Gasteiger partial charge in [0, 0.05) is 17.8 Å². The molecule has 1 atom stereocenters. The summed E-state index contributed by atoms with van der Waals surface area (Å²) in [6.45, 7) is 0. The van der Waals surface area contributed by atoms with Gasteiger partial charge in [0.1, 0.15) is 11.0 Å². The van der Waals surface area contributed by atoms with Gasteiger partial charge in [0.25, 0.3) is 5.89 Å². The van der Waals surface area contributed by atoms with Crippen molar-refractivity contribution in [1.82, 2.24) is 24.9 Å². The third-order valence-corrected chi connectivity index (χ3v) is 5.71. The highest BCUT2D eigenvalue weighted by molar-refractivity contribution is 7.80. The standard InChI is InChI=1S/C15H13N5O2S3/c1-20-13(10-4-3-5-25-10)17-18-14(20)11(23)12-16-15(22-19-12)8-6-24-7-9(8)21-2/h3-7,11,23H,1-2H3. The van der Waals surface area contributed by atoms with E-state index < -0.39 is 5.25 Å². The van der Waals surface area contributed by atoms with E-state index in [1.807, 2.05) is 39.9 Å². The molecule has 0 N–H and O–H groups in total. The molecule has 0 bridgehead atoms. The van der Waals surface area contributed by atoms with Crippen LogP contribution in [0.2, 0.25) is 0 Å². The number of thiophene rings is 2. The molecule has 0 saturated heterocycles. The highest BCUT2D eigenvalue weighted by atomic mass is 32.1. The third-order valence-electron chi connectivity index (χ3n) is 3.66. The summed E-state index contributed by atoms with van der Waals surface area (Å²) < 4.78 is 12.6. The van der Waals surface area contributed by atoms with Gasteiger partial charge in [0.15, 0.2) is 17.5 Å². The summed E-state index contributed by atoms with van der Waals surface area (Å²) in [5.74, 6) is 2.96. The predicted octanol–water partition coefficient (Wildman–Crippen LogP) is 3.68. The van der Waals surface area contributed by atoms with Gasteiger partial charge in [-0.05, 0) is 11.4 Å². The van der Waals surface area contributed by atoms with Crippen molar-refractivity contribution in [3.8, 4) is 27.9 Å². The van der Waals surface area contributed by atoms with Gasteiger partial charge in [-0.15, -0.1) is 32.9 Å². The van der Waals surface area contributed by atoms with Gasteiger partial charge in [-0.1, -0.05) is 11.2 Å². The molecule has 0 aliphatic carbocycles. The normalized spacial score (nSPS) is 12.4. The van der Waals surface area contributed by atoms with E-state index in [-0.39, 0.29) is 0 Å². The molecule has 0 radical (unpaired) electrons. The zero-order valence-corrected chi connectivity index (χ0v) is 15.8. The van der Waals surface area contributed by atoms with Crippen LogP contribution in [0.25, 0.3) is 22.2 Å². The minimum Gasteiger partial charge on any atom is -0.495 e. The number of thiol groups is 1. The molecule has 10 heteroatoms. The molecule has 4 aromatic heterocycles. The van der Waals surface area contributed by atoms with Crippen molar-refractivity contribution in [2.24, 2.45) is 7.05 Å². The molecule has 0 amide bonds. The Morgan fingerprint density at radius 2 is 2.20 bits per heavy atom. The zero-order chi connectivity index (χ0) is 17.4. The molecular weight excluding hydrogens is 378 g/mol. The number of ether oxygens (including phenoxy) is 1. The second-order valence-corrected chi connectivity index (χ2v) is 7.34. The van der Waals surface area contributed by atoms with E-state index in [2.05, 4.69) is 33.0 Å². The Morgan fingerprint density at radius 3 is 2.96 bits per heavy atom. The van der Waals surface area contributed by atoms with Crippen LogP contribution < -0.4 is 4.74 Å². The molecule has 0 fully saturated rings. The monoisotopic (exact) mass is 391 g/mol. The van der Waals surface area contributed by atoms with Crippen molar-refractivity contribution in [1.29, 1.82) is 0 Å². The third kappa shape index (κ3) is 2.86. The summed E-state index contributed by atoms with van der Waals surface area (Å²) in [4.78, 5) is 5.49. The van der Waals surface area contributed by atoms with Gasteiger partial charge in [0.2, 0.25) is 0 Å². The lowest BCUT2D eigenvalue weighted by Gasteiger charge is -2.06. The lowest BCUT2D eigenvalue weighted by atomic mass is 10.3. The lowest BCUT2D eigenvalue weighted by Crippen LogP contribution is -2.05. The molecular formula is C15H13N5O2S3. The maximum Gasteiger partial charge on any atom is 0.262 e. The number of aromatic nitrogens is 5. The van der Waals surface area contributed by atoms with Crippen LogP contribution in [-0.2, 0) is 7.05 Å². The summed E-state index contributed by atoms with van der Waals surface area (Å²) in [5.41, 5.74) is 0.768. The van der Waals surface area contributed by atoms with Crippen LogP contribution in [0, 0.1) is 0 Å². The first-order valence-electron chi connectivity index (χ1n) is 7.24. The maximum atomic E-state index is 5.37. The molecule has 4 heterocycles. The highest BCUT2D eigenvalue weighted by Crippen LogP contribution is 2.34. The summed E-state index contributed by atoms with van der Waals surface area (Å²) in [5, 5.41) is 17.9. The van der Waals surface area contributed by atoms with E-state index in [9.17, 15) is 0 Å². The Bertz CT molecular complexity index is 989. The summed E-state index contributed by atoms with van der Waals surface area (Å²) in [6, 6.07) is 3.98. The van der Waals surface area contributed by atoms with Crippen molar-refractivity contribution < 1.29 is 9.26 Å². The number of nitrogens with zero attached hydrogens (tertiary/aromatic N) is 5. The van der Waals surface area contributed by atoms with E-state index in [4.69, 9.17) is 9.26 Å². The fourth-order valence-corrected chi connectivity index (χ4v) is 4.21. The van der Waals surface area contributed by atoms with Gasteiger partial charge in [-0.25, -0.2) is 0 Å². The second-order valence-electron chi connectivity index (χ2n) is 5.13. The quantitative estimate of drug-likeness (QED) is 0.523. The molecule has 128 valence electrons. The maximum absolute atomic E-state index is 5.37. The van der Waals surface area contributed by atoms with Crippen LogP contribution in [0.1, 0.15) is 16.9 Å². The van der Waals surface area contributed by atoms with Gasteiger partial charge < -0.3 is 13.8 Å². The fraction of sp³-hybridized carbons (Fsp3) is 0.200. The van der Waals surface area contributed by atoms with E-state index in [0.29, 0.717) is 23.3 Å². The van der Waals surface area contributed by atoms with Gasteiger partial charge >= 0.3 is 0 Å². The van der Waals surface area contributed by atoms with Gasteiger partial charge in [-0.3, -0.25) is 0 Å². The molecule has 0 saturated carbocycles. The van der Waals surface area contributed by atoms with Crippen molar-refractivity contribution in [2.45, 2.75) is 5.25 Å². The molecule has 4 rings (SSSR count). The fourth-order valence-electron chi connectivity index (χ4n) is 2.37. The Kier molecular flexibility index (Phi) is 4.32. The predicted molar refractivity (Wildman–Crippen MR) is 99.3 cm³/mol. The summed E-state index contributed by atoms with van der Waals surface area (Å²) >= 11 is 7.73. The first-order chi connectivity index (χ1) is 12.2. The Hall–Kier alpha value is -2.17. The first kappa shape index (κ1) is 16.3. The first-order valence-corrected chi connectivity index (χ1v) is 9.58. The van der Waals surface area contributed by atoms with Crippen LogP contribution >= 0.6 is 35.3 Å². The second kappa shape index (κ2) is 6.62. The van der Waals surface area contributed by atoms with Crippen LogP contribution in [0.4, 0.5) is 0 Å². The number of methoxy groups -OCH3 is 1. The Labute approximate surface area is 156 Å². The van der Waals surface area contributed by atoms with Crippen molar-refractivity contribution in [3.05, 3.63) is 39.9 Å². The Balaban J connectivity index is 1.65. The molecule has 0 spiro atoms. The number of rotatable bonds is 5. The highest BCUT2D eigenvalue weighted by Gasteiger charge is 2.25. The molecule has 4 aromatic rings. The number of hydrogen-bond acceptors (Lipinski definition) is 9. The van der Waals surface area contributed by atoms with E-state index in [1.165, 1.54) is 11.3 Å². The lowest BCUT2D eigenvalue weighted by molar-refractivity contribution is 0.404. The molecule has 0 aliphatic heterocycles. The minimum atomic E-state index is -0.451. The van der Waals surface area contributed by atoms with Crippen molar-refractivity contribution in [3.63, 3.8) is 0 Å². The zero-order valence-electron chi connectivity index (χ0n) is 13.3. The topological polar surface area (TPSA) is 78.9 Å². The molecule has 7 nitrogen and oxygen atoms in total. The van der Waals surface area contributed by atoms with Gasteiger partial charge in [-0.2, -0.15) is 17.6 Å². The smallest absolute Gasteiger partial charge is 0.262 e. The Morgan fingerprint density at radius 1 is 1.32 bits per heavy atom. The van der Waals surface area contributed by atoms with E-state index >= 15 is 0 Å². The summed E-state index contributed by atoms with van der Waals surface area (Å²) in [6.07, 6.45) is 0.